The largest absolute Gasteiger partial charge is 0.323 e. The Morgan fingerprint density at radius 3 is 2.68 bits per heavy atom. The summed E-state index contributed by atoms with van der Waals surface area (Å²) in [6.07, 6.45) is 0. The molecule has 0 fully saturated rings. The van der Waals surface area contributed by atoms with Crippen LogP contribution in [0.3, 0.4) is 0 Å². The molecule has 98 valence electrons. The first-order valence-corrected chi connectivity index (χ1v) is 8.17. The van der Waals surface area contributed by atoms with E-state index in [0.29, 0.717) is 5.92 Å². The molecule has 0 spiro atoms. The van der Waals surface area contributed by atoms with Crippen LogP contribution in [0.25, 0.3) is 20.5 Å². The van der Waals surface area contributed by atoms with E-state index < -0.39 is 0 Å². The minimum Gasteiger partial charge on any atom is -0.323 e. The van der Waals surface area contributed by atoms with Gasteiger partial charge >= 0.3 is 0 Å². The summed E-state index contributed by atoms with van der Waals surface area (Å²) in [5.41, 5.74) is 7.51. The smallest absolute Gasteiger partial charge is 0.0413 e. The number of nitrogens with two attached hydrogens (primary N) is 1. The van der Waals surface area contributed by atoms with Crippen molar-refractivity contribution >= 4 is 32.8 Å². The minimum absolute atomic E-state index is 0.142. The first-order chi connectivity index (χ1) is 9.15. The molecule has 1 atom stereocenters. The highest BCUT2D eigenvalue weighted by atomic mass is 32.1. The van der Waals surface area contributed by atoms with Crippen LogP contribution in [0.4, 0.5) is 0 Å². The van der Waals surface area contributed by atoms with E-state index in [1.807, 2.05) is 11.3 Å². The first kappa shape index (κ1) is 12.9. The Morgan fingerprint density at radius 1 is 1.05 bits per heavy atom. The predicted octanol–water partition coefficient (Wildman–Crippen LogP) is 5.29. The van der Waals surface area contributed by atoms with Crippen molar-refractivity contribution in [1.29, 1.82) is 0 Å². The zero-order valence-electron chi connectivity index (χ0n) is 11.1. The number of hydrogen-bond acceptors (Lipinski definition) is 3. The summed E-state index contributed by atoms with van der Waals surface area (Å²) >= 11 is 3.60. The number of fused-ring (bicyclic) bond motifs is 1. The lowest BCUT2D eigenvalue weighted by Crippen LogP contribution is -2.14. The minimum atomic E-state index is 0.142. The van der Waals surface area contributed by atoms with Gasteiger partial charge in [0.2, 0.25) is 0 Å². The van der Waals surface area contributed by atoms with E-state index in [-0.39, 0.29) is 6.04 Å². The SMILES string of the molecule is CC(C)C(N)c1ccc(-c2ccc3sccc3c2)s1. The second-order valence-electron chi connectivity index (χ2n) is 5.15. The third-order valence-corrected chi connectivity index (χ3v) is 5.54. The molecule has 0 saturated carbocycles. The fraction of sp³-hybridized carbons (Fsp3) is 0.250. The number of rotatable bonds is 3. The van der Waals surface area contributed by atoms with Gasteiger partial charge in [0.15, 0.2) is 0 Å². The van der Waals surface area contributed by atoms with E-state index in [2.05, 4.69) is 55.6 Å². The van der Waals surface area contributed by atoms with Gasteiger partial charge in [0.05, 0.1) is 0 Å². The molecule has 1 aromatic carbocycles. The number of hydrogen-bond donors (Lipinski definition) is 1. The van der Waals surface area contributed by atoms with Gasteiger partial charge in [0, 0.05) is 20.5 Å². The van der Waals surface area contributed by atoms with E-state index in [0.717, 1.165) is 0 Å². The molecule has 0 aliphatic carbocycles. The van der Waals surface area contributed by atoms with Gasteiger partial charge in [-0.25, -0.2) is 0 Å². The van der Waals surface area contributed by atoms with Gasteiger partial charge in [-0.05, 0) is 52.6 Å². The van der Waals surface area contributed by atoms with E-state index in [4.69, 9.17) is 5.73 Å². The highest BCUT2D eigenvalue weighted by molar-refractivity contribution is 7.17. The highest BCUT2D eigenvalue weighted by Crippen LogP contribution is 2.35. The summed E-state index contributed by atoms with van der Waals surface area (Å²) in [6, 6.07) is 13.4. The second-order valence-corrected chi connectivity index (χ2v) is 7.21. The van der Waals surface area contributed by atoms with Crippen molar-refractivity contribution in [3.8, 4) is 10.4 Å². The second kappa shape index (κ2) is 5.08. The van der Waals surface area contributed by atoms with Crippen molar-refractivity contribution in [1.82, 2.24) is 0 Å². The number of benzene rings is 1. The summed E-state index contributed by atoms with van der Waals surface area (Å²) < 4.78 is 1.35. The van der Waals surface area contributed by atoms with Gasteiger partial charge < -0.3 is 5.73 Å². The van der Waals surface area contributed by atoms with Gasteiger partial charge in [-0.3, -0.25) is 0 Å². The third-order valence-electron chi connectivity index (χ3n) is 3.41. The quantitative estimate of drug-likeness (QED) is 0.696. The molecular weight excluding hydrogens is 270 g/mol. The molecule has 3 heteroatoms. The Balaban J connectivity index is 1.97. The Kier molecular flexibility index (Phi) is 3.44. The van der Waals surface area contributed by atoms with Crippen LogP contribution in [0.15, 0.2) is 41.8 Å². The summed E-state index contributed by atoms with van der Waals surface area (Å²) in [7, 11) is 0. The lowest BCUT2D eigenvalue weighted by molar-refractivity contribution is 0.521. The molecule has 2 N–H and O–H groups in total. The van der Waals surface area contributed by atoms with Crippen LogP contribution < -0.4 is 5.73 Å². The molecular formula is C16H17NS2. The summed E-state index contributed by atoms with van der Waals surface area (Å²) in [4.78, 5) is 2.58. The van der Waals surface area contributed by atoms with Crippen LogP contribution in [-0.4, -0.2) is 0 Å². The van der Waals surface area contributed by atoms with Crippen molar-refractivity contribution in [3.63, 3.8) is 0 Å². The third kappa shape index (κ3) is 2.46. The standard InChI is InChI=1S/C16H17NS2/c1-10(2)16(17)15-6-5-14(19-15)11-3-4-13-12(9-11)7-8-18-13/h3-10,16H,17H2,1-2H3. The molecule has 0 amide bonds. The first-order valence-electron chi connectivity index (χ1n) is 6.48. The summed E-state index contributed by atoms with van der Waals surface area (Å²) in [5.74, 6) is 0.478. The van der Waals surface area contributed by atoms with Crippen LogP contribution in [0.5, 0.6) is 0 Å². The van der Waals surface area contributed by atoms with Crippen molar-refractivity contribution in [2.75, 3.05) is 0 Å². The monoisotopic (exact) mass is 287 g/mol. The molecule has 1 unspecified atom stereocenters. The molecule has 0 saturated heterocycles. The normalized spacial score (nSPS) is 13.3. The molecule has 0 aliphatic rings. The fourth-order valence-corrected chi connectivity index (χ4v) is 4.09. The predicted molar refractivity (Wildman–Crippen MR) is 86.9 cm³/mol. The lowest BCUT2D eigenvalue weighted by Gasteiger charge is -2.12. The van der Waals surface area contributed by atoms with Crippen LogP contribution in [0.2, 0.25) is 0 Å². The Labute approximate surface area is 121 Å². The summed E-state index contributed by atoms with van der Waals surface area (Å²) in [5, 5.41) is 3.47. The molecule has 0 bridgehead atoms. The maximum absolute atomic E-state index is 6.22. The Morgan fingerprint density at radius 2 is 1.89 bits per heavy atom. The average molecular weight is 287 g/mol. The molecule has 1 nitrogen and oxygen atoms in total. The van der Waals surface area contributed by atoms with Gasteiger partial charge in [-0.2, -0.15) is 0 Å². The van der Waals surface area contributed by atoms with Crippen molar-refractivity contribution in [2.45, 2.75) is 19.9 Å². The topological polar surface area (TPSA) is 26.0 Å². The van der Waals surface area contributed by atoms with Gasteiger partial charge in [-0.15, -0.1) is 22.7 Å². The van der Waals surface area contributed by atoms with E-state index in [9.17, 15) is 0 Å². The van der Waals surface area contributed by atoms with Gasteiger partial charge in [0.1, 0.15) is 0 Å². The maximum atomic E-state index is 6.22. The van der Waals surface area contributed by atoms with E-state index in [1.165, 1.54) is 25.4 Å². The molecule has 19 heavy (non-hydrogen) atoms. The molecule has 0 radical (unpaired) electrons. The molecule has 2 aromatic heterocycles. The zero-order valence-corrected chi connectivity index (χ0v) is 12.7. The van der Waals surface area contributed by atoms with Crippen LogP contribution >= 0.6 is 22.7 Å². The van der Waals surface area contributed by atoms with Crippen LogP contribution in [0.1, 0.15) is 24.8 Å². The lowest BCUT2D eigenvalue weighted by atomic mass is 10.0. The Hall–Kier alpha value is -1.16. The van der Waals surface area contributed by atoms with E-state index in [1.54, 1.807) is 11.3 Å². The zero-order chi connectivity index (χ0) is 13.4. The Bertz CT molecular complexity index is 693. The summed E-state index contributed by atoms with van der Waals surface area (Å²) in [6.45, 7) is 4.34. The van der Waals surface area contributed by atoms with Crippen molar-refractivity contribution in [3.05, 3.63) is 46.7 Å². The highest BCUT2D eigenvalue weighted by Gasteiger charge is 2.13. The van der Waals surface area contributed by atoms with Gasteiger partial charge in [-0.1, -0.05) is 19.9 Å². The van der Waals surface area contributed by atoms with Gasteiger partial charge in [0.25, 0.3) is 0 Å². The molecule has 3 aromatic rings. The van der Waals surface area contributed by atoms with Crippen LogP contribution in [-0.2, 0) is 0 Å². The fourth-order valence-electron chi connectivity index (χ4n) is 2.14. The van der Waals surface area contributed by atoms with Crippen molar-refractivity contribution in [2.24, 2.45) is 11.7 Å². The molecule has 2 heterocycles. The maximum Gasteiger partial charge on any atom is 0.0413 e. The number of thiophene rings is 2. The van der Waals surface area contributed by atoms with Crippen molar-refractivity contribution < 1.29 is 0 Å². The molecule has 3 rings (SSSR count). The average Bonchev–Trinajstić information content (AvgIpc) is 3.05. The van der Waals surface area contributed by atoms with Crippen LogP contribution in [0, 0.1) is 5.92 Å². The molecule has 0 aliphatic heterocycles. The van der Waals surface area contributed by atoms with E-state index >= 15 is 0 Å².